The third-order valence-corrected chi connectivity index (χ3v) is 4.58. The molecule has 1 atom stereocenters. The number of rotatable bonds is 10. The molecule has 0 spiro atoms. The summed E-state index contributed by atoms with van der Waals surface area (Å²) < 4.78 is 0. The van der Waals surface area contributed by atoms with Crippen LogP contribution in [0, 0.1) is 0 Å². The van der Waals surface area contributed by atoms with Gasteiger partial charge in [0, 0.05) is 19.1 Å². The van der Waals surface area contributed by atoms with Gasteiger partial charge in [-0.3, -0.25) is 9.59 Å². The molecule has 5 nitrogen and oxygen atoms in total. The minimum absolute atomic E-state index is 0.136. The summed E-state index contributed by atoms with van der Waals surface area (Å²) in [5.41, 5.74) is 8.39. The second kappa shape index (κ2) is 9.14. The van der Waals surface area contributed by atoms with Crippen molar-refractivity contribution in [1.82, 2.24) is 0 Å². The first-order chi connectivity index (χ1) is 13.1. The van der Waals surface area contributed by atoms with Gasteiger partial charge in [-0.05, 0) is 30.4 Å². The summed E-state index contributed by atoms with van der Waals surface area (Å²) >= 11 is 0. The Morgan fingerprint density at radius 2 is 1.33 bits per heavy atom. The van der Waals surface area contributed by atoms with Crippen LogP contribution >= 0.6 is 0 Å². The predicted molar refractivity (Wildman–Crippen MR) is 111 cm³/mol. The first kappa shape index (κ1) is 18.9. The Labute approximate surface area is 158 Å². The molecule has 0 aromatic heterocycles. The van der Waals surface area contributed by atoms with Crippen LogP contribution in [0.1, 0.15) is 17.5 Å². The highest BCUT2D eigenvalue weighted by Gasteiger charge is 2.20. The van der Waals surface area contributed by atoms with Crippen LogP contribution in [0.5, 0.6) is 0 Å². The van der Waals surface area contributed by atoms with E-state index in [2.05, 4.69) is 22.8 Å². The van der Waals surface area contributed by atoms with E-state index in [0.29, 0.717) is 30.9 Å². The van der Waals surface area contributed by atoms with Gasteiger partial charge in [0.2, 0.25) is 0 Å². The van der Waals surface area contributed by atoms with Gasteiger partial charge >= 0.3 is 0 Å². The standard InChI is InChI=1S/C22H25N3O2/c23-18(14-17-10-5-2-6-11-17)15-25-20-19(21(26)22(20)27)24-13-7-12-16-8-3-1-4-9-16/h1-6,8-11,18,24-25H,7,12-15,23H2/t18-/m0/s1. The predicted octanol–water partition coefficient (Wildman–Crippen LogP) is 2.31. The number of aryl methyl sites for hydroxylation is 1. The average molecular weight is 363 g/mol. The van der Waals surface area contributed by atoms with Gasteiger partial charge < -0.3 is 16.4 Å². The van der Waals surface area contributed by atoms with Gasteiger partial charge in [0.15, 0.2) is 0 Å². The van der Waals surface area contributed by atoms with E-state index in [1.807, 2.05) is 48.5 Å². The fourth-order valence-electron chi connectivity index (χ4n) is 3.10. The summed E-state index contributed by atoms with van der Waals surface area (Å²) in [5, 5.41) is 6.15. The molecule has 3 aromatic carbocycles. The van der Waals surface area contributed by atoms with E-state index in [9.17, 15) is 9.59 Å². The third kappa shape index (κ3) is 5.05. The average Bonchev–Trinajstić information content (AvgIpc) is 2.70. The highest BCUT2D eigenvalue weighted by molar-refractivity contribution is 5.73. The Morgan fingerprint density at radius 3 is 1.96 bits per heavy atom. The summed E-state index contributed by atoms with van der Waals surface area (Å²) in [5.74, 6) is 0. The Bertz CT molecular complexity index is 916. The summed E-state index contributed by atoms with van der Waals surface area (Å²) in [6.45, 7) is 1.09. The molecule has 0 saturated carbocycles. The second-order valence-corrected chi connectivity index (χ2v) is 6.75. The molecule has 0 unspecified atom stereocenters. The zero-order valence-corrected chi connectivity index (χ0v) is 15.3. The summed E-state index contributed by atoms with van der Waals surface area (Å²) in [6.07, 6.45) is 2.52. The molecule has 3 aromatic rings. The smallest absolute Gasteiger partial charge is 0.253 e. The zero-order valence-electron chi connectivity index (χ0n) is 15.3. The third-order valence-electron chi connectivity index (χ3n) is 4.58. The van der Waals surface area contributed by atoms with Crippen LogP contribution in [0.25, 0.3) is 0 Å². The van der Waals surface area contributed by atoms with Gasteiger partial charge in [-0.1, -0.05) is 60.7 Å². The lowest BCUT2D eigenvalue weighted by Gasteiger charge is -2.18. The molecule has 0 fully saturated rings. The monoisotopic (exact) mass is 363 g/mol. The lowest BCUT2D eigenvalue weighted by Crippen LogP contribution is -2.40. The molecule has 0 radical (unpaired) electrons. The number of anilines is 2. The topological polar surface area (TPSA) is 84.2 Å². The highest BCUT2D eigenvalue weighted by Crippen LogP contribution is 2.15. The molecule has 4 N–H and O–H groups in total. The van der Waals surface area contributed by atoms with Crippen molar-refractivity contribution in [2.24, 2.45) is 5.73 Å². The maximum atomic E-state index is 11.8. The van der Waals surface area contributed by atoms with E-state index in [1.54, 1.807) is 0 Å². The van der Waals surface area contributed by atoms with Crippen LogP contribution in [0.4, 0.5) is 11.4 Å². The van der Waals surface area contributed by atoms with Crippen LogP contribution in [-0.2, 0) is 12.8 Å². The lowest BCUT2D eigenvalue weighted by atomic mass is 10.1. The molecule has 27 heavy (non-hydrogen) atoms. The van der Waals surface area contributed by atoms with Gasteiger partial charge in [-0.15, -0.1) is 0 Å². The largest absolute Gasteiger partial charge is 0.380 e. The molecule has 3 rings (SSSR count). The Balaban J connectivity index is 1.46. The molecule has 140 valence electrons. The van der Waals surface area contributed by atoms with Crippen molar-refractivity contribution >= 4 is 11.4 Å². The molecule has 0 aliphatic carbocycles. The van der Waals surface area contributed by atoms with Gasteiger partial charge in [-0.2, -0.15) is 0 Å². The summed E-state index contributed by atoms with van der Waals surface area (Å²) in [4.78, 5) is 23.7. The van der Waals surface area contributed by atoms with Crippen LogP contribution in [-0.4, -0.2) is 19.1 Å². The van der Waals surface area contributed by atoms with Crippen LogP contribution < -0.4 is 27.2 Å². The molecular weight excluding hydrogens is 338 g/mol. The van der Waals surface area contributed by atoms with Crippen LogP contribution in [0.3, 0.4) is 0 Å². The number of nitrogens with one attached hydrogen (secondary N) is 2. The zero-order chi connectivity index (χ0) is 19.1. The fourth-order valence-corrected chi connectivity index (χ4v) is 3.10. The molecule has 0 heterocycles. The first-order valence-electron chi connectivity index (χ1n) is 9.29. The first-order valence-corrected chi connectivity index (χ1v) is 9.29. The number of nitrogens with two attached hydrogens (primary N) is 1. The minimum atomic E-state index is -0.465. The van der Waals surface area contributed by atoms with Crippen molar-refractivity contribution in [2.75, 3.05) is 23.7 Å². The fraction of sp³-hybridized carbons (Fsp3) is 0.273. The van der Waals surface area contributed by atoms with Crippen LogP contribution in [0.15, 0.2) is 70.3 Å². The van der Waals surface area contributed by atoms with Gasteiger partial charge in [0.25, 0.3) is 10.9 Å². The molecule has 0 amide bonds. The molecular formula is C22H25N3O2. The minimum Gasteiger partial charge on any atom is -0.380 e. The van der Waals surface area contributed by atoms with Gasteiger partial charge in [0.1, 0.15) is 11.4 Å². The van der Waals surface area contributed by atoms with Crippen LogP contribution in [0.2, 0.25) is 0 Å². The molecule has 0 saturated heterocycles. The van der Waals surface area contributed by atoms with Crippen molar-refractivity contribution < 1.29 is 0 Å². The van der Waals surface area contributed by atoms with E-state index in [1.165, 1.54) is 5.56 Å². The number of hydrogen-bond acceptors (Lipinski definition) is 5. The Morgan fingerprint density at radius 1 is 0.778 bits per heavy atom. The van der Waals surface area contributed by atoms with Crippen molar-refractivity contribution in [3.63, 3.8) is 0 Å². The summed E-state index contributed by atoms with van der Waals surface area (Å²) in [6, 6.07) is 20.0. The number of benzene rings is 2. The normalized spacial score (nSPS) is 12.0. The maximum absolute atomic E-state index is 11.8. The van der Waals surface area contributed by atoms with E-state index >= 15 is 0 Å². The Hall–Kier alpha value is -2.92. The van der Waals surface area contributed by atoms with Crippen molar-refractivity contribution in [3.05, 3.63) is 92.2 Å². The van der Waals surface area contributed by atoms with Gasteiger partial charge in [-0.25, -0.2) is 0 Å². The Kier molecular flexibility index (Phi) is 6.39. The van der Waals surface area contributed by atoms with E-state index in [-0.39, 0.29) is 6.04 Å². The van der Waals surface area contributed by atoms with E-state index in [4.69, 9.17) is 5.73 Å². The van der Waals surface area contributed by atoms with E-state index < -0.39 is 10.9 Å². The van der Waals surface area contributed by atoms with Gasteiger partial charge in [0.05, 0.1) is 0 Å². The van der Waals surface area contributed by atoms with Crippen molar-refractivity contribution in [2.45, 2.75) is 25.3 Å². The quantitative estimate of drug-likeness (QED) is 0.380. The second-order valence-electron chi connectivity index (χ2n) is 6.75. The SMILES string of the molecule is N[C@H](CNc1c(NCCCc2ccccc2)c(=O)c1=O)Cc1ccccc1. The lowest BCUT2D eigenvalue weighted by molar-refractivity contribution is 0.698. The van der Waals surface area contributed by atoms with E-state index in [0.717, 1.165) is 18.4 Å². The molecule has 0 bridgehead atoms. The molecule has 0 aliphatic rings. The highest BCUT2D eigenvalue weighted by atomic mass is 16.2. The van der Waals surface area contributed by atoms with Crippen molar-refractivity contribution in [3.8, 4) is 0 Å². The number of hydrogen-bond donors (Lipinski definition) is 3. The maximum Gasteiger partial charge on any atom is 0.253 e. The molecule has 5 heteroatoms. The molecule has 0 aliphatic heterocycles. The van der Waals surface area contributed by atoms with Crippen molar-refractivity contribution in [1.29, 1.82) is 0 Å². The summed E-state index contributed by atoms with van der Waals surface area (Å²) in [7, 11) is 0.